The highest BCUT2D eigenvalue weighted by Crippen LogP contribution is 2.31. The average molecular weight is 456 g/mol. The Kier molecular flexibility index (Phi) is 13.8. The average Bonchev–Trinajstić information content (AvgIpc) is 2.72. The normalized spacial score (nSPS) is 16.8. The molecule has 6 heteroatoms. The zero-order chi connectivity index (χ0) is 24.2. The van der Waals surface area contributed by atoms with E-state index in [1.54, 1.807) is 0 Å². The first kappa shape index (κ1) is 29.5. The Morgan fingerprint density at radius 3 is 1.87 bits per heavy atom. The Hall–Kier alpha value is -1.49. The van der Waals surface area contributed by atoms with Crippen LogP contribution in [0.2, 0.25) is 0 Å². The van der Waals surface area contributed by atoms with Crippen LogP contribution in [0.3, 0.4) is 0 Å². The lowest BCUT2D eigenvalue weighted by Crippen LogP contribution is -2.50. The first-order valence-electron chi connectivity index (χ1n) is 11.9. The predicted molar refractivity (Wildman–Crippen MR) is 135 cm³/mol. The molecule has 1 rings (SSSR count). The zero-order valence-corrected chi connectivity index (χ0v) is 22.4. The van der Waals surface area contributed by atoms with Crippen LogP contribution in [0.5, 0.6) is 0 Å². The number of halogens is 1. The molecule has 0 saturated carbocycles. The zero-order valence-electron chi connectivity index (χ0n) is 21.7. The van der Waals surface area contributed by atoms with Crippen LogP contribution in [0.15, 0.2) is 27.5 Å². The minimum absolute atomic E-state index is 0.226. The molecule has 1 saturated heterocycles. The van der Waals surface area contributed by atoms with Gasteiger partial charge in [0.05, 0.1) is 0 Å². The summed E-state index contributed by atoms with van der Waals surface area (Å²) in [5, 5.41) is 0.568. The van der Waals surface area contributed by atoms with E-state index in [0.29, 0.717) is 18.3 Å². The molecule has 0 aromatic heterocycles. The minimum atomic E-state index is -0.470. The van der Waals surface area contributed by atoms with Crippen molar-refractivity contribution in [3.8, 4) is 0 Å². The molecule has 1 heterocycles. The summed E-state index contributed by atoms with van der Waals surface area (Å²) < 4.78 is 5.54. The first-order valence-corrected chi connectivity index (χ1v) is 12.3. The van der Waals surface area contributed by atoms with E-state index < -0.39 is 5.60 Å². The van der Waals surface area contributed by atoms with Crippen molar-refractivity contribution in [1.82, 2.24) is 9.80 Å². The molecule has 0 aromatic carbocycles. The molecule has 31 heavy (non-hydrogen) atoms. The number of carbonyl (C=O) groups is 1. The first-order chi connectivity index (χ1) is 14.5. The van der Waals surface area contributed by atoms with Gasteiger partial charge in [-0.15, -0.1) is 0 Å². The molecule has 0 aromatic rings. The number of amides is 1. The number of ether oxygens (including phenoxy) is 1. The van der Waals surface area contributed by atoms with Gasteiger partial charge in [0.2, 0.25) is 0 Å². The second-order valence-electron chi connectivity index (χ2n) is 8.57. The van der Waals surface area contributed by atoms with E-state index in [2.05, 4.69) is 37.6 Å². The molecule has 180 valence electrons. The fourth-order valence-corrected chi connectivity index (χ4v) is 3.62. The summed E-state index contributed by atoms with van der Waals surface area (Å²) in [5.41, 5.74) is 4.53. The Labute approximate surface area is 196 Å². The highest BCUT2D eigenvalue weighted by Gasteiger charge is 2.28. The number of piperazine rings is 1. The molecule has 0 atom stereocenters. The maximum absolute atomic E-state index is 12.4. The molecule has 0 bridgehead atoms. The standard InChI is InChI=1S/C23H40ClN3O2.C2H6/c1-9-12-19(20(11-3)25-18(5)24)21(17(4)10-2)26-13-15-27(16-14-26)22(28)29-23(6,7)8;1-2/h9-16H2,1-8H3;1-2H3/b20-19-,21-17+,25-18?;. The third-order valence-corrected chi connectivity index (χ3v) is 5.02. The van der Waals surface area contributed by atoms with Crippen molar-refractivity contribution in [2.24, 2.45) is 4.99 Å². The predicted octanol–water partition coefficient (Wildman–Crippen LogP) is 7.37. The second kappa shape index (κ2) is 14.5. The summed E-state index contributed by atoms with van der Waals surface area (Å²) in [6, 6.07) is 0. The fraction of sp³-hybridized carbons (Fsp3) is 0.760. The summed E-state index contributed by atoms with van der Waals surface area (Å²) in [6.45, 7) is 23.2. The third kappa shape index (κ3) is 10.1. The van der Waals surface area contributed by atoms with E-state index in [0.717, 1.165) is 44.5 Å². The molecule has 0 aliphatic carbocycles. The molecule has 1 aliphatic heterocycles. The monoisotopic (exact) mass is 455 g/mol. The molecule has 5 nitrogen and oxygen atoms in total. The van der Waals surface area contributed by atoms with Gasteiger partial charge in [-0.3, -0.25) is 0 Å². The van der Waals surface area contributed by atoms with E-state index in [4.69, 9.17) is 16.3 Å². The second-order valence-corrected chi connectivity index (χ2v) is 9.12. The Balaban J connectivity index is 0.00000436. The minimum Gasteiger partial charge on any atom is -0.444 e. The summed E-state index contributed by atoms with van der Waals surface area (Å²) in [7, 11) is 0. The van der Waals surface area contributed by atoms with Crippen molar-refractivity contribution >= 4 is 22.9 Å². The lowest BCUT2D eigenvalue weighted by molar-refractivity contribution is 0.0169. The van der Waals surface area contributed by atoms with Gasteiger partial charge in [-0.2, -0.15) is 0 Å². The Bertz CT molecular complexity index is 648. The van der Waals surface area contributed by atoms with Crippen LogP contribution in [0.25, 0.3) is 0 Å². The summed E-state index contributed by atoms with van der Waals surface area (Å²) >= 11 is 6.13. The van der Waals surface area contributed by atoms with Crippen molar-refractivity contribution in [3.05, 3.63) is 22.5 Å². The lowest BCUT2D eigenvalue weighted by atomic mass is 9.96. The topological polar surface area (TPSA) is 45.1 Å². The highest BCUT2D eigenvalue weighted by atomic mass is 35.5. The Morgan fingerprint density at radius 2 is 1.48 bits per heavy atom. The summed E-state index contributed by atoms with van der Waals surface area (Å²) in [4.78, 5) is 21.3. The molecule has 1 amide bonds. The summed E-state index contributed by atoms with van der Waals surface area (Å²) in [6.07, 6.45) is 3.62. The highest BCUT2D eigenvalue weighted by molar-refractivity contribution is 6.64. The number of carbonyl (C=O) groups excluding carboxylic acids is 1. The van der Waals surface area contributed by atoms with Gasteiger partial charge in [0.1, 0.15) is 10.8 Å². The number of rotatable bonds is 7. The van der Waals surface area contributed by atoms with Crippen molar-refractivity contribution in [2.75, 3.05) is 26.2 Å². The summed E-state index contributed by atoms with van der Waals surface area (Å²) in [5.74, 6) is 0. The maximum Gasteiger partial charge on any atom is 0.410 e. The number of nitrogens with zero attached hydrogens (tertiary/aromatic N) is 3. The van der Waals surface area contributed by atoms with E-state index in [9.17, 15) is 4.79 Å². The van der Waals surface area contributed by atoms with Gasteiger partial charge in [0, 0.05) is 37.6 Å². The quantitative estimate of drug-likeness (QED) is 0.297. The van der Waals surface area contributed by atoms with Gasteiger partial charge in [-0.05, 0) is 65.0 Å². The van der Waals surface area contributed by atoms with Crippen LogP contribution in [0.4, 0.5) is 4.79 Å². The van der Waals surface area contributed by atoms with Gasteiger partial charge < -0.3 is 14.5 Å². The smallest absolute Gasteiger partial charge is 0.410 e. The molecule has 0 radical (unpaired) electrons. The van der Waals surface area contributed by atoms with Gasteiger partial charge in [0.25, 0.3) is 0 Å². The van der Waals surface area contributed by atoms with Gasteiger partial charge in [-0.25, -0.2) is 9.79 Å². The van der Waals surface area contributed by atoms with E-state index in [1.165, 1.54) is 16.8 Å². The Morgan fingerprint density at radius 1 is 0.968 bits per heavy atom. The largest absolute Gasteiger partial charge is 0.444 e. The molecule has 1 fully saturated rings. The van der Waals surface area contributed by atoms with Gasteiger partial charge in [-0.1, -0.05) is 52.6 Å². The molecule has 0 spiro atoms. The number of allylic oxidation sites excluding steroid dienone is 3. The van der Waals surface area contributed by atoms with Crippen LogP contribution < -0.4 is 0 Å². The van der Waals surface area contributed by atoms with Crippen LogP contribution in [-0.2, 0) is 4.74 Å². The van der Waals surface area contributed by atoms with E-state index in [1.807, 2.05) is 46.4 Å². The van der Waals surface area contributed by atoms with Crippen LogP contribution in [-0.4, -0.2) is 52.8 Å². The maximum atomic E-state index is 12.4. The molecule has 0 N–H and O–H groups in total. The molecule has 1 aliphatic rings. The van der Waals surface area contributed by atoms with Crippen LogP contribution in [0, 0.1) is 0 Å². The van der Waals surface area contributed by atoms with E-state index in [-0.39, 0.29) is 6.09 Å². The number of hydrogen-bond acceptors (Lipinski definition) is 4. The van der Waals surface area contributed by atoms with Gasteiger partial charge >= 0.3 is 6.09 Å². The molecule has 0 unspecified atom stereocenters. The number of hydrogen-bond donors (Lipinski definition) is 0. The molecular formula is C25H46ClN3O2. The van der Waals surface area contributed by atoms with Crippen molar-refractivity contribution in [2.45, 2.75) is 101 Å². The van der Waals surface area contributed by atoms with Crippen LogP contribution >= 0.6 is 11.6 Å². The lowest BCUT2D eigenvalue weighted by Gasteiger charge is -2.39. The van der Waals surface area contributed by atoms with E-state index >= 15 is 0 Å². The SMILES string of the molecule is CC.CCCC(=C(\CC)N=C(C)Cl)/C(=C(/C)CC)N1CCN(C(=O)OC(C)(C)C)CC1. The number of aliphatic imine (C=N–C) groups is 1. The van der Waals surface area contributed by atoms with Crippen molar-refractivity contribution in [1.29, 1.82) is 0 Å². The fourth-order valence-electron chi connectivity index (χ4n) is 3.52. The van der Waals surface area contributed by atoms with Gasteiger partial charge in [0.15, 0.2) is 0 Å². The molecular weight excluding hydrogens is 410 g/mol. The van der Waals surface area contributed by atoms with Crippen LogP contribution in [0.1, 0.15) is 94.9 Å². The third-order valence-electron chi connectivity index (χ3n) is 4.94. The van der Waals surface area contributed by atoms with Crippen molar-refractivity contribution < 1.29 is 9.53 Å². The van der Waals surface area contributed by atoms with Crippen molar-refractivity contribution in [3.63, 3.8) is 0 Å².